The maximum absolute atomic E-state index is 3.79. The van der Waals surface area contributed by atoms with Gasteiger partial charge in [-0.3, -0.25) is 0 Å². The molecule has 1 aromatic heterocycles. The van der Waals surface area contributed by atoms with Gasteiger partial charge < -0.3 is 0 Å². The Morgan fingerprint density at radius 1 is 1.55 bits per heavy atom. The number of hydrogen-bond donors (Lipinski definition) is 1. The molecule has 0 radical (unpaired) electrons. The van der Waals surface area contributed by atoms with E-state index in [-0.39, 0.29) is 0 Å². The van der Waals surface area contributed by atoms with E-state index in [0.29, 0.717) is 5.16 Å². The van der Waals surface area contributed by atoms with Crippen LogP contribution < -0.4 is 0 Å². The molecule has 0 spiro atoms. The molecule has 0 fully saturated rings. The van der Waals surface area contributed by atoms with Crippen molar-refractivity contribution in [3.05, 3.63) is 0 Å². The maximum atomic E-state index is 3.79. The highest BCUT2D eigenvalue weighted by atomic mass is 32.2. The van der Waals surface area contributed by atoms with Crippen LogP contribution in [0.25, 0.3) is 0 Å². The summed E-state index contributed by atoms with van der Waals surface area (Å²) in [5.74, 6) is 0. The minimum absolute atomic E-state index is 0.498. The summed E-state index contributed by atoms with van der Waals surface area (Å²) in [4.78, 5) is 0. The SMILES string of the molecule is CN1N=NN=S1c1nn[nH]n1. The topological polar surface area (TPSA) is 94.8 Å². The lowest BCUT2D eigenvalue weighted by molar-refractivity contribution is 0.571. The predicted octanol–water partition coefficient (Wildman–Crippen LogP) is -0.497. The molecule has 0 bridgehead atoms. The van der Waals surface area contributed by atoms with Gasteiger partial charge in [0.1, 0.15) is 10.9 Å². The average molecular weight is 172 g/mol. The summed E-state index contributed by atoms with van der Waals surface area (Å²) < 4.78 is 5.36. The summed E-state index contributed by atoms with van der Waals surface area (Å²) in [7, 11) is 1.15. The molecular weight excluding hydrogens is 168 g/mol. The lowest BCUT2D eigenvalue weighted by Gasteiger charge is -2.02. The van der Waals surface area contributed by atoms with Crippen LogP contribution in [0.1, 0.15) is 0 Å². The molecule has 0 saturated heterocycles. The van der Waals surface area contributed by atoms with Crippen molar-refractivity contribution in [2.75, 3.05) is 7.05 Å². The molecule has 0 aromatic carbocycles. The molecular formula is C2H4N8S. The fourth-order valence-electron chi connectivity index (χ4n) is 0.579. The number of nitrogens with one attached hydrogen (secondary N) is 1. The van der Waals surface area contributed by atoms with E-state index in [4.69, 9.17) is 0 Å². The summed E-state index contributed by atoms with van der Waals surface area (Å²) >= 11 is 0. The molecule has 1 aromatic rings. The highest BCUT2D eigenvalue weighted by Crippen LogP contribution is 2.11. The number of aromatic amines is 1. The van der Waals surface area contributed by atoms with E-state index in [0.717, 1.165) is 0 Å². The van der Waals surface area contributed by atoms with Crippen LogP contribution in [0, 0.1) is 0 Å². The Morgan fingerprint density at radius 3 is 3.00 bits per heavy atom. The van der Waals surface area contributed by atoms with E-state index in [1.807, 2.05) is 0 Å². The molecule has 9 heteroatoms. The van der Waals surface area contributed by atoms with Gasteiger partial charge in [-0.15, -0.1) is 5.10 Å². The Balaban J connectivity index is 2.33. The molecule has 1 atom stereocenters. The molecule has 1 aliphatic rings. The van der Waals surface area contributed by atoms with Crippen molar-refractivity contribution in [1.82, 2.24) is 25.0 Å². The second-order valence-electron chi connectivity index (χ2n) is 1.68. The summed E-state index contributed by atoms with van der Waals surface area (Å²) in [5, 5.41) is 20.9. The minimum atomic E-state index is -0.595. The average Bonchev–Trinajstić information content (AvgIpc) is 2.55. The first-order valence-electron chi connectivity index (χ1n) is 2.71. The number of nitrogens with zero attached hydrogens (tertiary/aromatic N) is 7. The molecule has 2 rings (SSSR count). The van der Waals surface area contributed by atoms with Gasteiger partial charge >= 0.3 is 0 Å². The largest absolute Gasteiger partial charge is 0.264 e. The highest BCUT2D eigenvalue weighted by Gasteiger charge is 2.15. The van der Waals surface area contributed by atoms with Gasteiger partial charge in [-0.1, -0.05) is 9.57 Å². The summed E-state index contributed by atoms with van der Waals surface area (Å²) in [5.41, 5.74) is 0. The van der Waals surface area contributed by atoms with Crippen molar-refractivity contribution in [3.8, 4) is 0 Å². The standard InChI is InChI=1S/C2H4N8S/c1-10-8-7-9-11(10)2-3-5-6-4-2/h1H3,(H,3,4,5,6). The van der Waals surface area contributed by atoms with Gasteiger partial charge in [-0.2, -0.15) is 5.21 Å². The number of H-pyrrole nitrogens is 1. The fraction of sp³-hybridized carbons (Fsp3) is 0.500. The van der Waals surface area contributed by atoms with Crippen molar-refractivity contribution in [2.24, 2.45) is 14.9 Å². The van der Waals surface area contributed by atoms with E-state index in [2.05, 4.69) is 35.5 Å². The van der Waals surface area contributed by atoms with Crippen molar-refractivity contribution in [3.63, 3.8) is 0 Å². The number of rotatable bonds is 1. The van der Waals surface area contributed by atoms with E-state index in [1.165, 1.54) is 0 Å². The first-order chi connectivity index (χ1) is 5.38. The van der Waals surface area contributed by atoms with Gasteiger partial charge in [0, 0.05) is 7.05 Å². The molecule has 0 aliphatic carbocycles. The van der Waals surface area contributed by atoms with Gasteiger partial charge in [0.25, 0.3) is 5.16 Å². The molecule has 8 nitrogen and oxygen atoms in total. The van der Waals surface area contributed by atoms with Gasteiger partial charge in [-0.05, 0) is 15.7 Å². The Labute approximate surface area is 63.9 Å². The summed E-state index contributed by atoms with van der Waals surface area (Å²) in [6.45, 7) is 0. The van der Waals surface area contributed by atoms with Crippen LogP contribution in [0.4, 0.5) is 0 Å². The lowest BCUT2D eigenvalue weighted by Crippen LogP contribution is -2.11. The van der Waals surface area contributed by atoms with Crippen molar-refractivity contribution in [1.29, 1.82) is 0 Å². The zero-order valence-electron chi connectivity index (χ0n) is 5.54. The van der Waals surface area contributed by atoms with Crippen LogP contribution in [0.2, 0.25) is 0 Å². The molecule has 1 aliphatic heterocycles. The minimum Gasteiger partial charge on any atom is -0.204 e. The van der Waals surface area contributed by atoms with Crippen molar-refractivity contribution >= 4 is 10.9 Å². The molecule has 0 saturated carbocycles. The van der Waals surface area contributed by atoms with Gasteiger partial charge in [0.2, 0.25) is 0 Å². The summed E-state index contributed by atoms with van der Waals surface area (Å²) in [6.07, 6.45) is 0. The lowest BCUT2D eigenvalue weighted by atomic mass is 11.4. The Morgan fingerprint density at radius 2 is 2.45 bits per heavy atom. The van der Waals surface area contributed by atoms with E-state index < -0.39 is 10.9 Å². The van der Waals surface area contributed by atoms with E-state index in [9.17, 15) is 0 Å². The Bertz CT molecular complexity index is 298. The molecule has 0 amide bonds. The summed E-state index contributed by atoms with van der Waals surface area (Å²) in [6, 6.07) is 0. The van der Waals surface area contributed by atoms with Crippen LogP contribution in [0.3, 0.4) is 0 Å². The van der Waals surface area contributed by atoms with Crippen LogP contribution in [0.15, 0.2) is 20.1 Å². The molecule has 58 valence electrons. The quantitative estimate of drug-likeness (QED) is 0.617. The first kappa shape index (κ1) is 6.34. The zero-order chi connectivity index (χ0) is 7.68. The number of hydrogen-bond acceptors (Lipinski definition) is 7. The van der Waals surface area contributed by atoms with Crippen molar-refractivity contribution in [2.45, 2.75) is 5.16 Å². The zero-order valence-corrected chi connectivity index (χ0v) is 6.36. The van der Waals surface area contributed by atoms with Crippen LogP contribution in [-0.2, 0) is 10.9 Å². The van der Waals surface area contributed by atoms with Crippen molar-refractivity contribution < 1.29 is 0 Å². The number of tetrazole rings is 1. The van der Waals surface area contributed by atoms with E-state index in [1.54, 1.807) is 11.5 Å². The Kier molecular flexibility index (Phi) is 1.35. The van der Waals surface area contributed by atoms with Gasteiger partial charge in [0.05, 0.1) is 0 Å². The predicted molar refractivity (Wildman–Crippen MR) is 34.9 cm³/mol. The normalized spacial score (nSPS) is 22.3. The molecule has 11 heavy (non-hydrogen) atoms. The van der Waals surface area contributed by atoms with Gasteiger partial charge in [0.15, 0.2) is 0 Å². The molecule has 1 unspecified atom stereocenters. The molecule has 2 heterocycles. The van der Waals surface area contributed by atoms with Crippen LogP contribution >= 0.6 is 0 Å². The number of aromatic nitrogens is 4. The van der Waals surface area contributed by atoms with Gasteiger partial charge in [-0.25, -0.2) is 4.41 Å². The third-order valence-electron chi connectivity index (χ3n) is 1.02. The highest BCUT2D eigenvalue weighted by molar-refractivity contribution is 7.84. The van der Waals surface area contributed by atoms with Crippen LogP contribution in [-0.4, -0.2) is 32.1 Å². The Hall–Kier alpha value is -1.38. The smallest absolute Gasteiger partial charge is 0.204 e. The third-order valence-corrected chi connectivity index (χ3v) is 2.32. The molecule has 1 N–H and O–H groups in total. The second-order valence-corrected chi connectivity index (χ2v) is 3.27. The fourth-order valence-corrected chi connectivity index (χ4v) is 1.43. The third kappa shape index (κ3) is 0.981. The first-order valence-corrected chi connectivity index (χ1v) is 3.85. The second kappa shape index (κ2) is 2.34. The maximum Gasteiger partial charge on any atom is 0.264 e. The van der Waals surface area contributed by atoms with Crippen LogP contribution in [0.5, 0.6) is 0 Å². The van der Waals surface area contributed by atoms with E-state index >= 15 is 0 Å². The monoisotopic (exact) mass is 172 g/mol.